The second-order valence-corrected chi connectivity index (χ2v) is 5.28. The number of hydrogen-bond donors (Lipinski definition) is 2. The lowest BCUT2D eigenvalue weighted by Gasteiger charge is -2.08. The standard InChI is InChI=1S/C18H21N3O3/c1-23-17(22)4-2-3-9-24-16-7-5-13(6-8-16)14-10-15(18(19)20)12-21-11-14/h5-8,10-12H,2-4,9H2,1H3,(H3,19,20). The third-order valence-electron chi connectivity index (χ3n) is 3.51. The lowest BCUT2D eigenvalue weighted by Crippen LogP contribution is -2.11. The van der Waals surface area contributed by atoms with Gasteiger partial charge in [0, 0.05) is 29.9 Å². The number of aromatic nitrogens is 1. The zero-order valence-electron chi connectivity index (χ0n) is 13.6. The predicted molar refractivity (Wildman–Crippen MR) is 92.1 cm³/mol. The fourth-order valence-electron chi connectivity index (χ4n) is 2.15. The Balaban J connectivity index is 1.88. The summed E-state index contributed by atoms with van der Waals surface area (Å²) in [6, 6.07) is 9.47. The van der Waals surface area contributed by atoms with Gasteiger partial charge in [-0.3, -0.25) is 15.2 Å². The first kappa shape index (κ1) is 17.5. The van der Waals surface area contributed by atoms with Crippen molar-refractivity contribution in [2.45, 2.75) is 19.3 Å². The Kier molecular flexibility index (Phi) is 6.31. The van der Waals surface area contributed by atoms with E-state index in [4.69, 9.17) is 15.9 Å². The second-order valence-electron chi connectivity index (χ2n) is 5.28. The lowest BCUT2D eigenvalue weighted by atomic mass is 10.1. The van der Waals surface area contributed by atoms with E-state index in [0.717, 1.165) is 29.7 Å². The number of ether oxygens (including phenoxy) is 2. The molecule has 0 amide bonds. The predicted octanol–water partition coefficient (Wildman–Crippen LogP) is 2.75. The molecule has 0 aliphatic rings. The summed E-state index contributed by atoms with van der Waals surface area (Å²) in [5, 5.41) is 7.47. The molecule has 0 radical (unpaired) electrons. The van der Waals surface area contributed by atoms with E-state index in [9.17, 15) is 4.79 Å². The Morgan fingerprint density at radius 3 is 2.58 bits per heavy atom. The van der Waals surface area contributed by atoms with Gasteiger partial charge in [-0.1, -0.05) is 12.1 Å². The van der Waals surface area contributed by atoms with Crippen molar-refractivity contribution in [1.29, 1.82) is 5.41 Å². The van der Waals surface area contributed by atoms with E-state index in [1.807, 2.05) is 30.3 Å². The number of nitrogens with one attached hydrogen (secondary N) is 1. The van der Waals surface area contributed by atoms with Crippen molar-refractivity contribution in [2.75, 3.05) is 13.7 Å². The van der Waals surface area contributed by atoms with Gasteiger partial charge in [-0.2, -0.15) is 0 Å². The van der Waals surface area contributed by atoms with E-state index >= 15 is 0 Å². The maximum absolute atomic E-state index is 11.0. The van der Waals surface area contributed by atoms with Crippen LogP contribution in [0.1, 0.15) is 24.8 Å². The number of unbranched alkanes of at least 4 members (excludes halogenated alkanes) is 1. The molecule has 1 heterocycles. The molecule has 0 aliphatic carbocycles. The number of methoxy groups -OCH3 is 1. The van der Waals surface area contributed by atoms with Crippen LogP contribution in [0.3, 0.4) is 0 Å². The summed E-state index contributed by atoms with van der Waals surface area (Å²) in [6.07, 6.45) is 5.25. The number of hydrogen-bond acceptors (Lipinski definition) is 5. The first-order valence-corrected chi connectivity index (χ1v) is 7.69. The summed E-state index contributed by atoms with van der Waals surface area (Å²) in [6.45, 7) is 0.553. The molecule has 3 N–H and O–H groups in total. The number of nitrogens with two attached hydrogens (primary N) is 1. The van der Waals surface area contributed by atoms with Crippen molar-refractivity contribution >= 4 is 11.8 Å². The Morgan fingerprint density at radius 1 is 1.17 bits per heavy atom. The lowest BCUT2D eigenvalue weighted by molar-refractivity contribution is -0.140. The van der Waals surface area contributed by atoms with Gasteiger partial charge in [-0.15, -0.1) is 0 Å². The van der Waals surface area contributed by atoms with Crippen molar-refractivity contribution < 1.29 is 14.3 Å². The highest BCUT2D eigenvalue weighted by Gasteiger charge is 2.03. The van der Waals surface area contributed by atoms with Gasteiger partial charge >= 0.3 is 5.97 Å². The first-order valence-electron chi connectivity index (χ1n) is 7.69. The number of nitrogens with zero attached hydrogens (tertiary/aromatic N) is 1. The van der Waals surface area contributed by atoms with E-state index < -0.39 is 0 Å². The summed E-state index contributed by atoms with van der Waals surface area (Å²) in [4.78, 5) is 15.1. The number of carbonyl (C=O) groups excluding carboxylic acids is 1. The molecule has 2 aromatic rings. The Morgan fingerprint density at radius 2 is 1.92 bits per heavy atom. The molecule has 126 valence electrons. The van der Waals surface area contributed by atoms with Crippen LogP contribution in [0.15, 0.2) is 42.7 Å². The maximum Gasteiger partial charge on any atom is 0.305 e. The van der Waals surface area contributed by atoms with Crippen LogP contribution in [-0.4, -0.2) is 30.5 Å². The molecule has 1 aromatic heterocycles. The molecular formula is C18H21N3O3. The average molecular weight is 327 g/mol. The molecule has 0 spiro atoms. The first-order chi connectivity index (χ1) is 11.6. The van der Waals surface area contributed by atoms with Crippen LogP contribution in [0.5, 0.6) is 5.75 Å². The van der Waals surface area contributed by atoms with Crippen LogP contribution in [0.25, 0.3) is 11.1 Å². The number of carbonyl (C=O) groups is 1. The summed E-state index contributed by atoms with van der Waals surface area (Å²) in [5.41, 5.74) is 7.95. The maximum atomic E-state index is 11.0. The minimum atomic E-state index is -0.194. The van der Waals surface area contributed by atoms with E-state index in [1.54, 1.807) is 12.4 Å². The Labute approximate surface area is 141 Å². The van der Waals surface area contributed by atoms with Gasteiger partial charge < -0.3 is 15.2 Å². The highest BCUT2D eigenvalue weighted by Crippen LogP contribution is 2.22. The number of amidine groups is 1. The topological polar surface area (TPSA) is 98.3 Å². The number of pyridine rings is 1. The molecular weight excluding hydrogens is 306 g/mol. The largest absolute Gasteiger partial charge is 0.494 e. The number of rotatable bonds is 8. The molecule has 24 heavy (non-hydrogen) atoms. The molecule has 1 aromatic carbocycles. The molecule has 6 nitrogen and oxygen atoms in total. The van der Waals surface area contributed by atoms with Crippen molar-refractivity contribution in [3.05, 3.63) is 48.3 Å². The summed E-state index contributed by atoms with van der Waals surface area (Å²) in [7, 11) is 1.39. The van der Waals surface area contributed by atoms with E-state index in [1.165, 1.54) is 7.11 Å². The Bertz CT molecular complexity index is 699. The highest BCUT2D eigenvalue weighted by atomic mass is 16.5. The van der Waals surface area contributed by atoms with Gasteiger partial charge in [0.2, 0.25) is 0 Å². The van der Waals surface area contributed by atoms with Crippen LogP contribution in [0.2, 0.25) is 0 Å². The summed E-state index contributed by atoms with van der Waals surface area (Å²) < 4.78 is 10.2. The SMILES string of the molecule is COC(=O)CCCCOc1ccc(-c2cncc(C(=N)N)c2)cc1. The van der Waals surface area contributed by atoms with Gasteiger partial charge in [-0.05, 0) is 36.6 Å². The van der Waals surface area contributed by atoms with Gasteiger partial charge in [0.1, 0.15) is 11.6 Å². The third-order valence-corrected chi connectivity index (χ3v) is 3.51. The molecule has 0 bridgehead atoms. The molecule has 0 saturated carbocycles. The molecule has 2 rings (SSSR count). The van der Waals surface area contributed by atoms with E-state index in [-0.39, 0.29) is 11.8 Å². The zero-order chi connectivity index (χ0) is 17.4. The number of esters is 1. The third kappa shape index (κ3) is 5.08. The van der Waals surface area contributed by atoms with Gasteiger partial charge in [0.05, 0.1) is 13.7 Å². The summed E-state index contributed by atoms with van der Waals surface area (Å²) >= 11 is 0. The normalized spacial score (nSPS) is 10.2. The molecule has 0 fully saturated rings. The highest BCUT2D eigenvalue weighted by molar-refractivity contribution is 5.95. The fraction of sp³-hybridized carbons (Fsp3) is 0.278. The van der Waals surface area contributed by atoms with Gasteiger partial charge in [-0.25, -0.2) is 0 Å². The van der Waals surface area contributed by atoms with Crippen molar-refractivity contribution in [3.63, 3.8) is 0 Å². The van der Waals surface area contributed by atoms with Crippen molar-refractivity contribution in [2.24, 2.45) is 5.73 Å². The van der Waals surface area contributed by atoms with Gasteiger partial charge in [0.15, 0.2) is 0 Å². The zero-order valence-corrected chi connectivity index (χ0v) is 13.6. The van der Waals surface area contributed by atoms with Crippen LogP contribution >= 0.6 is 0 Å². The number of nitrogen functional groups attached to an aromatic ring is 1. The second kappa shape index (κ2) is 8.67. The minimum absolute atomic E-state index is 0.00346. The molecule has 0 saturated heterocycles. The van der Waals surface area contributed by atoms with E-state index in [2.05, 4.69) is 9.72 Å². The molecule has 6 heteroatoms. The molecule has 0 aliphatic heterocycles. The minimum Gasteiger partial charge on any atom is -0.494 e. The van der Waals surface area contributed by atoms with E-state index in [0.29, 0.717) is 18.6 Å². The van der Waals surface area contributed by atoms with Crippen molar-refractivity contribution in [1.82, 2.24) is 4.98 Å². The van der Waals surface area contributed by atoms with Crippen LogP contribution < -0.4 is 10.5 Å². The monoisotopic (exact) mass is 327 g/mol. The smallest absolute Gasteiger partial charge is 0.305 e. The summed E-state index contributed by atoms with van der Waals surface area (Å²) in [5.74, 6) is 0.574. The molecule has 0 atom stereocenters. The van der Waals surface area contributed by atoms with Gasteiger partial charge in [0.25, 0.3) is 0 Å². The number of benzene rings is 1. The average Bonchev–Trinajstić information content (AvgIpc) is 2.61. The van der Waals surface area contributed by atoms with Crippen LogP contribution in [-0.2, 0) is 9.53 Å². The van der Waals surface area contributed by atoms with Crippen molar-refractivity contribution in [3.8, 4) is 16.9 Å². The van der Waals surface area contributed by atoms with Crippen LogP contribution in [0, 0.1) is 5.41 Å². The fourth-order valence-corrected chi connectivity index (χ4v) is 2.15. The van der Waals surface area contributed by atoms with Crippen LogP contribution in [0.4, 0.5) is 0 Å². The molecule has 0 unspecified atom stereocenters. The Hall–Kier alpha value is -2.89. The quantitative estimate of drug-likeness (QED) is 0.336.